The summed E-state index contributed by atoms with van der Waals surface area (Å²) in [5.41, 5.74) is 2.64. The summed E-state index contributed by atoms with van der Waals surface area (Å²) >= 11 is 0. The molecule has 3 heterocycles. The van der Waals surface area contributed by atoms with Crippen molar-refractivity contribution >= 4 is 27.6 Å². The van der Waals surface area contributed by atoms with E-state index in [2.05, 4.69) is 25.7 Å². The van der Waals surface area contributed by atoms with Crippen molar-refractivity contribution in [3.8, 4) is 17.0 Å². The molecule has 202 valence electrons. The van der Waals surface area contributed by atoms with Crippen molar-refractivity contribution in [1.29, 1.82) is 0 Å². The Bertz CT molecular complexity index is 1360. The number of unbranched alkanes of at least 4 members (excludes halogenated alkanes) is 2. The molecule has 2 N–H and O–H groups in total. The Morgan fingerprint density at radius 2 is 1.84 bits per heavy atom. The van der Waals surface area contributed by atoms with Crippen LogP contribution in [0.25, 0.3) is 11.3 Å². The number of aromatic nitrogens is 2. The van der Waals surface area contributed by atoms with Crippen LogP contribution in [0.3, 0.4) is 0 Å². The summed E-state index contributed by atoms with van der Waals surface area (Å²) in [4.78, 5) is 22.1. The third kappa shape index (κ3) is 7.00. The minimum atomic E-state index is -4.00. The number of ether oxygens (including phenoxy) is 1. The second-order valence-electron chi connectivity index (χ2n) is 9.35. The van der Waals surface area contributed by atoms with Gasteiger partial charge >= 0.3 is 5.97 Å². The van der Waals surface area contributed by atoms with Crippen LogP contribution in [-0.2, 0) is 21.2 Å². The van der Waals surface area contributed by atoms with Crippen LogP contribution in [0, 0.1) is 0 Å². The van der Waals surface area contributed by atoms with Gasteiger partial charge in [0.1, 0.15) is 23.1 Å². The van der Waals surface area contributed by atoms with E-state index < -0.39 is 16.0 Å². The molecule has 0 saturated carbocycles. The molecule has 3 aromatic rings. The maximum Gasteiger partial charge on any atom is 0.303 e. The smallest absolute Gasteiger partial charge is 0.303 e. The highest BCUT2D eigenvalue weighted by Gasteiger charge is 2.21. The standard InChI is InChI=1S/C28H34N4O5S/c1-37-23-17-18-24-29-28(23)22-13-7-6-12-21(22)11-4-2-8-19-32(20-9-3-5-16-27(33)34)25-14-10-15-26(30-25)38(35,36)31-24/h6-7,10,12-15,17-18H,2-5,8-9,11,16,19-20H2,1H3,(H,29,31)(H,33,34). The summed E-state index contributed by atoms with van der Waals surface area (Å²) in [6.07, 6.45) is 6.12. The number of carboxylic acids is 1. The lowest BCUT2D eigenvalue weighted by Crippen LogP contribution is -2.27. The Labute approximate surface area is 223 Å². The Balaban J connectivity index is 1.66. The van der Waals surface area contributed by atoms with Gasteiger partial charge in [0.05, 0.1) is 7.11 Å². The van der Waals surface area contributed by atoms with Gasteiger partial charge < -0.3 is 14.7 Å². The molecule has 1 aromatic carbocycles. The average Bonchev–Trinajstić information content (AvgIpc) is 2.91. The number of aliphatic carboxylic acids is 1. The number of rotatable bonds is 7. The minimum absolute atomic E-state index is 0.0856. The summed E-state index contributed by atoms with van der Waals surface area (Å²) in [7, 11) is -2.42. The highest BCUT2D eigenvalue weighted by molar-refractivity contribution is 7.92. The van der Waals surface area contributed by atoms with Gasteiger partial charge in [-0.15, -0.1) is 0 Å². The fraction of sp³-hybridized carbons (Fsp3) is 0.393. The molecule has 0 fully saturated rings. The third-order valence-electron chi connectivity index (χ3n) is 6.59. The first kappa shape index (κ1) is 27.4. The highest BCUT2D eigenvalue weighted by atomic mass is 32.2. The van der Waals surface area contributed by atoms with Crippen LogP contribution in [0.4, 0.5) is 11.6 Å². The number of nitrogens with one attached hydrogen (secondary N) is 1. The first-order valence-electron chi connectivity index (χ1n) is 13.0. The molecule has 10 heteroatoms. The molecule has 9 nitrogen and oxygen atoms in total. The van der Waals surface area contributed by atoms with E-state index in [9.17, 15) is 13.2 Å². The maximum absolute atomic E-state index is 13.3. The number of sulfonamides is 1. The number of pyridine rings is 2. The van der Waals surface area contributed by atoms with Gasteiger partial charge in [-0.1, -0.05) is 43.2 Å². The highest BCUT2D eigenvalue weighted by Crippen LogP contribution is 2.33. The van der Waals surface area contributed by atoms with Crippen LogP contribution in [0.15, 0.2) is 59.6 Å². The first-order chi connectivity index (χ1) is 18.4. The molecule has 1 aliphatic heterocycles. The number of carbonyl (C=O) groups is 1. The van der Waals surface area contributed by atoms with E-state index in [1.54, 1.807) is 25.3 Å². The van der Waals surface area contributed by atoms with E-state index >= 15 is 0 Å². The van der Waals surface area contributed by atoms with Gasteiger partial charge in [0, 0.05) is 25.1 Å². The number of aryl methyl sites for hydroxylation is 1. The van der Waals surface area contributed by atoms with E-state index in [1.807, 2.05) is 24.3 Å². The molecule has 0 radical (unpaired) electrons. The molecule has 4 rings (SSSR count). The van der Waals surface area contributed by atoms with Gasteiger partial charge in [0.15, 0.2) is 5.03 Å². The summed E-state index contributed by atoms with van der Waals surface area (Å²) in [6.45, 7) is 1.41. The van der Waals surface area contributed by atoms with Gasteiger partial charge in [-0.25, -0.2) is 9.97 Å². The number of fused-ring (bicyclic) bond motifs is 6. The second kappa shape index (κ2) is 12.7. The normalized spacial score (nSPS) is 15.2. The fourth-order valence-corrected chi connectivity index (χ4v) is 5.61. The Morgan fingerprint density at radius 1 is 1.00 bits per heavy atom. The number of carboxylic acid groups (broad SMARTS) is 1. The SMILES string of the molecule is COc1ccc2nc1-c1ccccc1CCCCCN(CCCCCC(=O)O)c1cccc(n1)S(=O)(=O)N2. The molecule has 38 heavy (non-hydrogen) atoms. The van der Waals surface area contributed by atoms with Crippen LogP contribution < -0.4 is 14.4 Å². The van der Waals surface area contributed by atoms with Crippen molar-refractivity contribution in [2.45, 2.75) is 56.4 Å². The molecule has 0 atom stereocenters. The molecule has 1 aliphatic rings. The maximum atomic E-state index is 13.3. The van der Waals surface area contributed by atoms with Crippen LogP contribution in [0.5, 0.6) is 5.75 Å². The van der Waals surface area contributed by atoms with Crippen LogP contribution >= 0.6 is 0 Å². The second-order valence-corrected chi connectivity index (χ2v) is 11.0. The quantitative estimate of drug-likeness (QED) is 0.397. The Morgan fingerprint density at radius 3 is 2.66 bits per heavy atom. The zero-order chi connectivity index (χ0) is 27.0. The lowest BCUT2D eigenvalue weighted by Gasteiger charge is -2.24. The Kier molecular flexibility index (Phi) is 9.17. The zero-order valence-electron chi connectivity index (χ0n) is 21.6. The molecule has 0 spiro atoms. The molecule has 4 bridgehead atoms. The lowest BCUT2D eigenvalue weighted by molar-refractivity contribution is -0.137. The van der Waals surface area contributed by atoms with Crippen molar-refractivity contribution in [3.05, 3.63) is 60.2 Å². The molecule has 0 aliphatic carbocycles. The predicted octanol–water partition coefficient (Wildman–Crippen LogP) is 5.13. The third-order valence-corrected chi connectivity index (χ3v) is 7.85. The topological polar surface area (TPSA) is 122 Å². The molecule has 0 saturated heterocycles. The molecule has 2 aromatic heterocycles. The fourth-order valence-electron chi connectivity index (χ4n) is 4.64. The van der Waals surface area contributed by atoms with Crippen LogP contribution in [-0.4, -0.2) is 49.7 Å². The molecular formula is C28H34N4O5S. The largest absolute Gasteiger partial charge is 0.494 e. The number of benzene rings is 1. The van der Waals surface area contributed by atoms with Gasteiger partial charge in [0.25, 0.3) is 10.0 Å². The van der Waals surface area contributed by atoms with Crippen LogP contribution in [0.2, 0.25) is 0 Å². The number of methoxy groups -OCH3 is 1. The van der Waals surface area contributed by atoms with E-state index in [0.29, 0.717) is 30.2 Å². The van der Waals surface area contributed by atoms with Crippen molar-refractivity contribution < 1.29 is 23.1 Å². The minimum Gasteiger partial charge on any atom is -0.494 e. The zero-order valence-corrected chi connectivity index (χ0v) is 22.4. The summed E-state index contributed by atoms with van der Waals surface area (Å²) in [5, 5.41) is 8.81. The van der Waals surface area contributed by atoms with Gasteiger partial charge in [-0.05, 0) is 61.9 Å². The summed E-state index contributed by atoms with van der Waals surface area (Å²) in [6, 6.07) is 16.3. The monoisotopic (exact) mass is 538 g/mol. The molecule has 0 unspecified atom stereocenters. The van der Waals surface area contributed by atoms with E-state index in [1.165, 1.54) is 6.07 Å². The predicted molar refractivity (Wildman–Crippen MR) is 147 cm³/mol. The summed E-state index contributed by atoms with van der Waals surface area (Å²) in [5.74, 6) is 0.555. The first-order valence-corrected chi connectivity index (χ1v) is 14.5. The molecule has 0 amide bonds. The van der Waals surface area contributed by atoms with Crippen molar-refractivity contribution in [1.82, 2.24) is 9.97 Å². The number of hydrogen-bond donors (Lipinski definition) is 2. The van der Waals surface area contributed by atoms with Crippen molar-refractivity contribution in [3.63, 3.8) is 0 Å². The van der Waals surface area contributed by atoms with E-state index in [4.69, 9.17) is 9.84 Å². The van der Waals surface area contributed by atoms with Gasteiger partial charge in [0.2, 0.25) is 0 Å². The number of nitrogens with zero attached hydrogens (tertiary/aromatic N) is 3. The van der Waals surface area contributed by atoms with E-state index in [-0.39, 0.29) is 17.3 Å². The molecular weight excluding hydrogens is 504 g/mol. The van der Waals surface area contributed by atoms with Gasteiger partial charge in [-0.2, -0.15) is 8.42 Å². The Hall–Kier alpha value is -3.66. The van der Waals surface area contributed by atoms with Crippen molar-refractivity contribution in [2.24, 2.45) is 0 Å². The van der Waals surface area contributed by atoms with Gasteiger partial charge in [-0.3, -0.25) is 9.52 Å². The average molecular weight is 539 g/mol. The van der Waals surface area contributed by atoms with E-state index in [0.717, 1.165) is 56.2 Å². The summed E-state index contributed by atoms with van der Waals surface area (Å²) < 4.78 is 34.8. The number of anilines is 2. The van der Waals surface area contributed by atoms with Crippen LogP contribution in [0.1, 0.15) is 50.5 Å². The lowest BCUT2D eigenvalue weighted by atomic mass is 9.98. The number of hydrogen-bond acceptors (Lipinski definition) is 7. The van der Waals surface area contributed by atoms with Crippen molar-refractivity contribution in [2.75, 3.05) is 29.8 Å².